The fraction of sp³-hybridized carbons (Fsp3) is 0.0143. The van der Waals surface area contributed by atoms with Gasteiger partial charge in [0.2, 0.25) is 0 Å². The van der Waals surface area contributed by atoms with Gasteiger partial charge in [-0.3, -0.25) is 0 Å². The second-order valence-electron chi connectivity index (χ2n) is 19.7. The van der Waals surface area contributed by atoms with Crippen molar-refractivity contribution in [2.75, 3.05) is 0 Å². The van der Waals surface area contributed by atoms with Crippen LogP contribution in [0.4, 0.5) is 0 Å². The summed E-state index contributed by atoms with van der Waals surface area (Å²) in [5.41, 5.74) is 22.5. The van der Waals surface area contributed by atoms with Crippen LogP contribution in [0.3, 0.4) is 0 Å². The zero-order valence-electron chi connectivity index (χ0n) is 40.3. The molecule has 16 rings (SSSR count). The summed E-state index contributed by atoms with van der Waals surface area (Å²) in [5, 5.41) is 3.89. The number of fused-ring (bicyclic) bond motifs is 16. The third-order valence-corrected chi connectivity index (χ3v) is 15.8. The first-order valence-corrected chi connectivity index (χ1v) is 25.5. The van der Waals surface area contributed by atoms with Crippen molar-refractivity contribution in [1.82, 2.24) is 15.0 Å². The van der Waals surface area contributed by atoms with Gasteiger partial charge in [0.05, 0.1) is 5.41 Å². The normalized spacial score (nSPS) is 12.9. The monoisotopic (exact) mass is 955 g/mol. The summed E-state index contributed by atoms with van der Waals surface area (Å²) in [5.74, 6) is 1.67. The summed E-state index contributed by atoms with van der Waals surface area (Å²) in [6.45, 7) is 0. The molecule has 3 aromatic heterocycles. The van der Waals surface area contributed by atoms with Crippen molar-refractivity contribution in [3.63, 3.8) is 0 Å². The molecule has 0 fully saturated rings. The smallest absolute Gasteiger partial charge is 0.164 e. The SMILES string of the molecule is c1ccc(-c2ccccc2-c2nc(-c3cccc4oc5ccccc5c34)nc(-c3cccc4oc5ccc(-c6cccc(-c7cccc8c7C7(c9ccccc9-c9ccccc97)c7ccccc7-8)c6)cc5c34)n2)cc1. The topological polar surface area (TPSA) is 65.0 Å². The predicted molar refractivity (Wildman–Crippen MR) is 303 cm³/mol. The molecule has 75 heavy (non-hydrogen) atoms. The number of para-hydroxylation sites is 1. The molecule has 0 N–H and O–H groups in total. The van der Waals surface area contributed by atoms with Gasteiger partial charge in [0.15, 0.2) is 17.5 Å². The van der Waals surface area contributed by atoms with E-state index >= 15 is 0 Å². The number of furan rings is 2. The van der Waals surface area contributed by atoms with Gasteiger partial charge >= 0.3 is 0 Å². The molecule has 5 nitrogen and oxygen atoms in total. The van der Waals surface area contributed by atoms with Crippen LogP contribution in [0.1, 0.15) is 22.3 Å². The second-order valence-corrected chi connectivity index (χ2v) is 19.7. The molecule has 3 heterocycles. The van der Waals surface area contributed by atoms with Crippen LogP contribution < -0.4 is 0 Å². The van der Waals surface area contributed by atoms with Gasteiger partial charge in [-0.1, -0.05) is 212 Å². The van der Waals surface area contributed by atoms with Gasteiger partial charge in [0.1, 0.15) is 22.3 Å². The first-order chi connectivity index (χ1) is 37.2. The zero-order chi connectivity index (χ0) is 49.2. The lowest BCUT2D eigenvalue weighted by molar-refractivity contribution is 0.668. The number of nitrogens with zero attached hydrogens (tertiary/aromatic N) is 3. The van der Waals surface area contributed by atoms with Gasteiger partial charge in [0, 0.05) is 38.2 Å². The maximum atomic E-state index is 6.71. The molecule has 0 unspecified atom stereocenters. The fourth-order valence-electron chi connectivity index (χ4n) is 12.7. The molecule has 11 aromatic carbocycles. The predicted octanol–water partition coefficient (Wildman–Crippen LogP) is 18.0. The Morgan fingerprint density at radius 3 is 1.36 bits per heavy atom. The van der Waals surface area contributed by atoms with Crippen molar-refractivity contribution in [2.24, 2.45) is 0 Å². The van der Waals surface area contributed by atoms with Gasteiger partial charge < -0.3 is 8.83 Å². The average Bonchev–Trinajstić information content (AvgIpc) is 4.24. The highest BCUT2D eigenvalue weighted by molar-refractivity contribution is 6.14. The van der Waals surface area contributed by atoms with Crippen molar-refractivity contribution in [1.29, 1.82) is 0 Å². The maximum Gasteiger partial charge on any atom is 0.164 e. The molecule has 2 aliphatic rings. The molecule has 348 valence electrons. The molecule has 0 bridgehead atoms. The van der Waals surface area contributed by atoms with E-state index in [1.165, 1.54) is 50.1 Å². The Labute approximate surface area is 431 Å². The summed E-state index contributed by atoms with van der Waals surface area (Å²) in [4.78, 5) is 16.1. The zero-order valence-corrected chi connectivity index (χ0v) is 40.3. The number of aromatic nitrogens is 3. The van der Waals surface area contributed by atoms with Crippen LogP contribution >= 0.6 is 0 Å². The lowest BCUT2D eigenvalue weighted by Gasteiger charge is -2.32. The van der Waals surface area contributed by atoms with Crippen LogP contribution in [-0.4, -0.2) is 15.0 Å². The minimum Gasteiger partial charge on any atom is -0.456 e. The van der Waals surface area contributed by atoms with Crippen molar-refractivity contribution >= 4 is 43.9 Å². The van der Waals surface area contributed by atoms with Crippen LogP contribution in [0.5, 0.6) is 0 Å². The van der Waals surface area contributed by atoms with Crippen molar-refractivity contribution in [2.45, 2.75) is 5.41 Å². The quantitative estimate of drug-likeness (QED) is 0.166. The van der Waals surface area contributed by atoms with Crippen LogP contribution in [0.2, 0.25) is 0 Å². The largest absolute Gasteiger partial charge is 0.456 e. The molecule has 0 radical (unpaired) electrons. The molecule has 0 amide bonds. The Morgan fingerprint density at radius 1 is 0.253 bits per heavy atom. The van der Waals surface area contributed by atoms with Gasteiger partial charge in [-0.05, 0) is 114 Å². The first kappa shape index (κ1) is 41.6. The molecule has 1 spiro atoms. The first-order valence-electron chi connectivity index (χ1n) is 25.5. The Bertz CT molecular complexity index is 4610. The summed E-state index contributed by atoms with van der Waals surface area (Å²) in [7, 11) is 0. The highest BCUT2D eigenvalue weighted by Crippen LogP contribution is 2.64. The second kappa shape index (κ2) is 16.0. The lowest BCUT2D eigenvalue weighted by Crippen LogP contribution is -2.26. The molecule has 0 atom stereocenters. The maximum absolute atomic E-state index is 6.71. The van der Waals surface area contributed by atoms with E-state index in [1.807, 2.05) is 54.6 Å². The van der Waals surface area contributed by atoms with Crippen LogP contribution in [0.25, 0.3) is 134 Å². The van der Waals surface area contributed by atoms with Gasteiger partial charge in [0.25, 0.3) is 0 Å². The average molecular weight is 956 g/mol. The summed E-state index contributed by atoms with van der Waals surface area (Å²) in [6.07, 6.45) is 0. The van der Waals surface area contributed by atoms with Crippen LogP contribution in [0, 0.1) is 0 Å². The minimum atomic E-state index is -0.464. The minimum absolute atomic E-state index is 0.464. The van der Waals surface area contributed by atoms with E-state index in [9.17, 15) is 0 Å². The highest BCUT2D eigenvalue weighted by atomic mass is 16.3. The van der Waals surface area contributed by atoms with Crippen molar-refractivity contribution < 1.29 is 8.83 Å². The summed E-state index contributed by atoms with van der Waals surface area (Å²) < 4.78 is 13.1. The van der Waals surface area contributed by atoms with Crippen LogP contribution in [0.15, 0.2) is 258 Å². The Hall–Kier alpha value is -9.97. The van der Waals surface area contributed by atoms with Gasteiger partial charge in [-0.15, -0.1) is 0 Å². The summed E-state index contributed by atoms with van der Waals surface area (Å²) >= 11 is 0. The molecule has 2 aliphatic carbocycles. The number of benzene rings is 11. The van der Waals surface area contributed by atoms with E-state index < -0.39 is 5.41 Å². The van der Waals surface area contributed by atoms with E-state index in [1.54, 1.807) is 0 Å². The highest BCUT2D eigenvalue weighted by Gasteiger charge is 2.52. The van der Waals surface area contributed by atoms with Crippen LogP contribution in [-0.2, 0) is 5.41 Å². The van der Waals surface area contributed by atoms with E-state index in [-0.39, 0.29) is 0 Å². The van der Waals surface area contributed by atoms with E-state index in [2.05, 4.69) is 194 Å². The Kier molecular flexibility index (Phi) is 8.89. The van der Waals surface area contributed by atoms with E-state index in [4.69, 9.17) is 23.8 Å². The molecular formula is C70H41N3O2. The Balaban J connectivity index is 0.879. The molecule has 5 heteroatoms. The molecule has 0 saturated heterocycles. The van der Waals surface area contributed by atoms with Crippen molar-refractivity contribution in [3.05, 3.63) is 271 Å². The number of rotatable bonds is 6. The summed E-state index contributed by atoms with van der Waals surface area (Å²) in [6, 6.07) is 88.7. The standard InChI is InChI=1S/C70H41N3O2/c1-2-18-42(19-3-1)46-22-4-5-26-52(46)67-71-68(54-30-16-36-62-64(54)53-27-9-13-35-60(53)74-62)73-69(72-67)55-31-17-37-63-65(55)56-41-44(38-39-61(56)75-63)43-20-14-21-45(40-43)47-28-15-29-51-50-25-8-12-34-59(50)70(66(47)51)57-32-10-6-23-48(57)49-24-7-11-33-58(49)70/h1-41H. The van der Waals surface area contributed by atoms with E-state index in [0.29, 0.717) is 17.5 Å². The van der Waals surface area contributed by atoms with Gasteiger partial charge in [-0.25, -0.2) is 15.0 Å². The molecule has 0 saturated carbocycles. The number of hydrogen-bond acceptors (Lipinski definition) is 5. The molecule has 0 aliphatic heterocycles. The van der Waals surface area contributed by atoms with Gasteiger partial charge in [-0.2, -0.15) is 0 Å². The fourth-order valence-corrected chi connectivity index (χ4v) is 12.7. The molecular weight excluding hydrogens is 915 g/mol. The molecule has 14 aromatic rings. The van der Waals surface area contributed by atoms with E-state index in [0.717, 1.165) is 88.4 Å². The third kappa shape index (κ3) is 6.04. The third-order valence-electron chi connectivity index (χ3n) is 15.8. The number of hydrogen-bond donors (Lipinski definition) is 0. The Morgan fingerprint density at radius 2 is 0.680 bits per heavy atom. The lowest BCUT2D eigenvalue weighted by atomic mass is 9.68. The van der Waals surface area contributed by atoms with Crippen molar-refractivity contribution in [3.8, 4) is 89.8 Å².